The molecule has 22 heavy (non-hydrogen) atoms. The van der Waals surface area contributed by atoms with Crippen molar-refractivity contribution in [3.05, 3.63) is 58.0 Å². The van der Waals surface area contributed by atoms with Gasteiger partial charge < -0.3 is 10.2 Å². The first-order chi connectivity index (χ1) is 10.6. The van der Waals surface area contributed by atoms with Gasteiger partial charge in [-0.05, 0) is 42.5 Å². The van der Waals surface area contributed by atoms with Crippen molar-refractivity contribution in [3.63, 3.8) is 0 Å². The van der Waals surface area contributed by atoms with Crippen molar-refractivity contribution in [1.82, 2.24) is 9.88 Å². The predicted octanol–water partition coefficient (Wildman–Crippen LogP) is 4.89. The monoisotopic (exact) mass is 391 g/mol. The van der Waals surface area contributed by atoms with E-state index in [4.69, 9.17) is 12.2 Å². The molecule has 0 aliphatic carbocycles. The first kappa shape index (κ1) is 15.4. The maximum Gasteiger partial charge on any atom is 0.173 e. The lowest BCUT2D eigenvalue weighted by atomic mass is 10.3. The van der Waals surface area contributed by atoms with Crippen LogP contribution in [-0.4, -0.2) is 22.0 Å². The van der Waals surface area contributed by atoms with E-state index in [1.807, 2.05) is 54.4 Å². The van der Waals surface area contributed by atoms with Gasteiger partial charge in [0.2, 0.25) is 0 Å². The van der Waals surface area contributed by atoms with E-state index < -0.39 is 0 Å². The minimum atomic E-state index is 0.678. The summed E-state index contributed by atoms with van der Waals surface area (Å²) in [5.41, 5.74) is 2.01. The number of thiazole rings is 1. The fourth-order valence-electron chi connectivity index (χ4n) is 2.05. The molecule has 1 heterocycles. The van der Waals surface area contributed by atoms with Crippen LogP contribution in [0.15, 0.2) is 53.0 Å². The van der Waals surface area contributed by atoms with Gasteiger partial charge in [-0.3, -0.25) is 0 Å². The number of aromatic nitrogens is 1. The average molecular weight is 392 g/mol. The first-order valence-corrected chi connectivity index (χ1v) is 8.76. The van der Waals surface area contributed by atoms with Gasteiger partial charge in [-0.2, -0.15) is 0 Å². The van der Waals surface area contributed by atoms with Crippen LogP contribution in [0.4, 0.5) is 5.69 Å². The third kappa shape index (κ3) is 3.63. The van der Waals surface area contributed by atoms with E-state index in [9.17, 15) is 0 Å². The first-order valence-electron chi connectivity index (χ1n) is 6.74. The van der Waals surface area contributed by atoms with Crippen molar-refractivity contribution in [2.45, 2.75) is 6.54 Å². The molecule has 0 aliphatic heterocycles. The number of anilines is 1. The van der Waals surface area contributed by atoms with E-state index in [0.29, 0.717) is 11.7 Å². The van der Waals surface area contributed by atoms with E-state index >= 15 is 0 Å². The van der Waals surface area contributed by atoms with E-state index in [1.54, 1.807) is 11.3 Å². The molecule has 1 aromatic heterocycles. The zero-order valence-corrected chi connectivity index (χ0v) is 15.1. The molecule has 0 spiro atoms. The summed E-state index contributed by atoms with van der Waals surface area (Å²) in [6.45, 7) is 0.694. The number of hydrogen-bond acceptors (Lipinski definition) is 3. The van der Waals surface area contributed by atoms with Crippen LogP contribution in [0.2, 0.25) is 0 Å². The summed E-state index contributed by atoms with van der Waals surface area (Å²) in [4.78, 5) is 6.63. The molecular weight excluding hydrogens is 378 g/mol. The average Bonchev–Trinajstić information content (AvgIpc) is 2.89. The zero-order chi connectivity index (χ0) is 15.5. The molecule has 6 heteroatoms. The Morgan fingerprint density at radius 1 is 1.27 bits per heavy atom. The molecule has 0 unspecified atom stereocenters. The highest BCUT2D eigenvalue weighted by atomic mass is 79.9. The second kappa shape index (κ2) is 6.73. The van der Waals surface area contributed by atoms with Crippen molar-refractivity contribution in [1.29, 1.82) is 0 Å². The third-order valence-corrected chi connectivity index (χ3v) is 5.06. The normalized spacial score (nSPS) is 10.6. The number of hydrogen-bond donors (Lipinski definition) is 1. The van der Waals surface area contributed by atoms with Crippen molar-refractivity contribution < 1.29 is 0 Å². The summed E-state index contributed by atoms with van der Waals surface area (Å²) in [6, 6.07) is 16.1. The number of nitrogens with zero attached hydrogens (tertiary/aromatic N) is 2. The quantitative estimate of drug-likeness (QED) is 0.643. The summed E-state index contributed by atoms with van der Waals surface area (Å²) in [6.07, 6.45) is 0. The Morgan fingerprint density at radius 2 is 2.09 bits per heavy atom. The number of benzene rings is 2. The van der Waals surface area contributed by atoms with Crippen LogP contribution >= 0.6 is 39.5 Å². The lowest BCUT2D eigenvalue weighted by molar-refractivity contribution is 0.507. The topological polar surface area (TPSA) is 28.2 Å². The van der Waals surface area contributed by atoms with Gasteiger partial charge in [0.1, 0.15) is 5.01 Å². The third-order valence-electron chi connectivity index (χ3n) is 3.13. The molecule has 2 aromatic carbocycles. The minimum Gasteiger partial charge on any atom is -0.345 e. The Balaban J connectivity index is 1.68. The second-order valence-corrected chi connectivity index (χ2v) is 7.29. The zero-order valence-electron chi connectivity index (χ0n) is 11.9. The molecule has 3 rings (SSSR count). The lowest BCUT2D eigenvalue weighted by Crippen LogP contribution is -2.30. The highest BCUT2D eigenvalue weighted by Crippen LogP contribution is 2.22. The number of para-hydroxylation sites is 1. The summed E-state index contributed by atoms with van der Waals surface area (Å²) >= 11 is 10.6. The predicted molar refractivity (Wildman–Crippen MR) is 101 cm³/mol. The molecule has 0 bridgehead atoms. The highest BCUT2D eigenvalue weighted by Gasteiger charge is 2.09. The van der Waals surface area contributed by atoms with Crippen LogP contribution < -0.4 is 5.32 Å². The molecule has 0 amide bonds. The Hall–Kier alpha value is -1.50. The number of nitrogens with one attached hydrogen (secondary N) is 1. The van der Waals surface area contributed by atoms with Crippen LogP contribution in [-0.2, 0) is 6.54 Å². The maximum absolute atomic E-state index is 5.46. The molecular formula is C16H14BrN3S2. The largest absolute Gasteiger partial charge is 0.345 e. The van der Waals surface area contributed by atoms with E-state index in [2.05, 4.69) is 32.3 Å². The van der Waals surface area contributed by atoms with Crippen LogP contribution in [0.25, 0.3) is 10.2 Å². The van der Waals surface area contributed by atoms with Gasteiger partial charge in [0.15, 0.2) is 5.11 Å². The fourth-order valence-corrected chi connectivity index (χ4v) is 3.65. The van der Waals surface area contributed by atoms with Crippen LogP contribution in [0.5, 0.6) is 0 Å². The maximum atomic E-state index is 5.46. The molecule has 0 saturated heterocycles. The molecule has 112 valence electrons. The summed E-state index contributed by atoms with van der Waals surface area (Å²) in [5, 5.41) is 4.98. The fraction of sp³-hybridized carbons (Fsp3) is 0.125. The number of rotatable bonds is 3. The molecule has 0 radical (unpaired) electrons. The SMILES string of the molecule is CN(Cc1nc2ccccc2s1)C(=S)Nc1cccc(Br)c1. The second-order valence-electron chi connectivity index (χ2n) is 4.87. The van der Waals surface area contributed by atoms with E-state index in [-0.39, 0.29) is 0 Å². The van der Waals surface area contributed by atoms with E-state index in [1.165, 1.54) is 4.70 Å². The molecule has 1 N–H and O–H groups in total. The van der Waals surface area contributed by atoms with Crippen LogP contribution in [0.3, 0.4) is 0 Å². The van der Waals surface area contributed by atoms with Crippen LogP contribution in [0, 0.1) is 0 Å². The molecule has 0 aliphatic rings. The summed E-state index contributed by atoms with van der Waals surface area (Å²) < 4.78 is 2.23. The highest BCUT2D eigenvalue weighted by molar-refractivity contribution is 9.10. The van der Waals surface area contributed by atoms with Gasteiger partial charge in [-0.15, -0.1) is 11.3 Å². The Kier molecular flexibility index (Phi) is 4.71. The van der Waals surface area contributed by atoms with Gasteiger partial charge in [0.25, 0.3) is 0 Å². The molecule has 3 aromatic rings. The smallest absolute Gasteiger partial charge is 0.173 e. The van der Waals surface area contributed by atoms with Crippen molar-refractivity contribution >= 4 is 60.5 Å². The Morgan fingerprint density at radius 3 is 2.86 bits per heavy atom. The van der Waals surface area contributed by atoms with Crippen LogP contribution in [0.1, 0.15) is 5.01 Å². The lowest BCUT2D eigenvalue weighted by Gasteiger charge is -2.19. The minimum absolute atomic E-state index is 0.678. The Labute approximate surface area is 147 Å². The van der Waals surface area contributed by atoms with Gasteiger partial charge in [-0.1, -0.05) is 34.1 Å². The van der Waals surface area contributed by atoms with Gasteiger partial charge in [0.05, 0.1) is 16.8 Å². The molecule has 3 nitrogen and oxygen atoms in total. The Bertz CT molecular complexity index is 783. The van der Waals surface area contributed by atoms with Gasteiger partial charge in [0, 0.05) is 17.2 Å². The molecule has 0 saturated carbocycles. The van der Waals surface area contributed by atoms with E-state index in [0.717, 1.165) is 20.7 Å². The van der Waals surface area contributed by atoms with Crippen molar-refractivity contribution in [2.75, 3.05) is 12.4 Å². The summed E-state index contributed by atoms with van der Waals surface area (Å²) in [7, 11) is 1.97. The van der Waals surface area contributed by atoms with Crippen molar-refractivity contribution in [2.24, 2.45) is 0 Å². The van der Waals surface area contributed by atoms with Gasteiger partial charge in [-0.25, -0.2) is 4.98 Å². The number of fused-ring (bicyclic) bond motifs is 1. The summed E-state index contributed by atoms with van der Waals surface area (Å²) in [5.74, 6) is 0. The molecule has 0 fully saturated rings. The standard InChI is InChI=1S/C16H14BrN3S2/c1-20(16(21)18-12-6-4-5-11(17)9-12)10-15-19-13-7-2-3-8-14(13)22-15/h2-9H,10H2,1H3,(H,18,21). The number of halogens is 1. The van der Waals surface area contributed by atoms with Gasteiger partial charge >= 0.3 is 0 Å². The van der Waals surface area contributed by atoms with Crippen molar-refractivity contribution in [3.8, 4) is 0 Å². The number of thiocarbonyl (C=S) groups is 1. The molecule has 0 atom stereocenters.